The van der Waals surface area contributed by atoms with Crippen molar-refractivity contribution in [3.63, 3.8) is 0 Å². The molecule has 0 saturated carbocycles. The number of piperidine rings is 1. The summed E-state index contributed by atoms with van der Waals surface area (Å²) in [4.78, 5) is 21.0. The maximum atomic E-state index is 12.2. The number of carbonyl (C=O) groups excluding carboxylic acids is 1. The number of anilines is 2. The number of thiazole rings is 1. The van der Waals surface area contributed by atoms with Crippen molar-refractivity contribution in [1.82, 2.24) is 15.2 Å². The molecule has 1 unspecified atom stereocenters. The molecule has 1 aliphatic heterocycles. The van der Waals surface area contributed by atoms with Crippen LogP contribution in [0.25, 0.3) is 0 Å². The van der Waals surface area contributed by atoms with Crippen LogP contribution < -0.4 is 16.0 Å². The van der Waals surface area contributed by atoms with Gasteiger partial charge in [-0.05, 0) is 26.4 Å². The molecule has 0 aromatic carbocycles. The Kier molecular flexibility index (Phi) is 4.26. The monoisotopic (exact) mass is 283 g/mol. The first-order valence-corrected chi connectivity index (χ1v) is 7.22. The highest BCUT2D eigenvalue weighted by atomic mass is 32.1. The molecule has 1 amide bonds. The summed E-state index contributed by atoms with van der Waals surface area (Å²) < 4.78 is 0. The van der Waals surface area contributed by atoms with Gasteiger partial charge in [0, 0.05) is 26.7 Å². The molecule has 7 heteroatoms. The van der Waals surface area contributed by atoms with Crippen LogP contribution in [-0.4, -0.2) is 56.1 Å². The lowest BCUT2D eigenvalue weighted by Gasteiger charge is -2.30. The van der Waals surface area contributed by atoms with E-state index in [0.717, 1.165) is 31.1 Å². The SMILES string of the molecule is CN1CCCC(NC(=O)c2sc(N(C)C)nc2N)C1. The third kappa shape index (κ3) is 3.36. The maximum absolute atomic E-state index is 12.2. The van der Waals surface area contributed by atoms with E-state index in [0.29, 0.717) is 10.7 Å². The van der Waals surface area contributed by atoms with Crippen LogP contribution in [0, 0.1) is 0 Å². The van der Waals surface area contributed by atoms with Crippen molar-refractivity contribution in [3.8, 4) is 0 Å². The standard InChI is InChI=1S/C12H21N5OS/c1-16(2)12-15-10(13)9(19-12)11(18)14-8-5-4-6-17(3)7-8/h8H,4-7,13H2,1-3H3,(H,14,18). The smallest absolute Gasteiger partial charge is 0.265 e. The number of hydrogen-bond acceptors (Lipinski definition) is 6. The average Bonchev–Trinajstić information content (AvgIpc) is 2.71. The number of likely N-dealkylation sites (N-methyl/N-ethyl adjacent to an activating group) is 1. The second kappa shape index (κ2) is 5.75. The van der Waals surface area contributed by atoms with Crippen molar-refractivity contribution in [2.75, 3.05) is 44.9 Å². The fourth-order valence-corrected chi connectivity index (χ4v) is 3.02. The molecule has 3 N–H and O–H groups in total. The number of nitrogens with one attached hydrogen (secondary N) is 1. The normalized spacial score (nSPS) is 20.3. The lowest BCUT2D eigenvalue weighted by atomic mass is 10.1. The van der Waals surface area contributed by atoms with Gasteiger partial charge in [-0.2, -0.15) is 0 Å². The van der Waals surface area contributed by atoms with Crippen molar-refractivity contribution in [3.05, 3.63) is 4.88 Å². The molecule has 0 spiro atoms. The Morgan fingerprint density at radius 1 is 1.58 bits per heavy atom. The van der Waals surface area contributed by atoms with Crippen molar-refractivity contribution >= 4 is 28.2 Å². The molecule has 1 atom stereocenters. The predicted molar refractivity (Wildman–Crippen MR) is 78.8 cm³/mol. The fraction of sp³-hybridized carbons (Fsp3) is 0.667. The van der Waals surface area contributed by atoms with Gasteiger partial charge in [-0.1, -0.05) is 11.3 Å². The molecule has 106 valence electrons. The van der Waals surface area contributed by atoms with Gasteiger partial charge in [-0.25, -0.2) is 4.98 Å². The Hall–Kier alpha value is -1.34. The van der Waals surface area contributed by atoms with Crippen LogP contribution in [0.4, 0.5) is 10.9 Å². The van der Waals surface area contributed by atoms with Crippen LogP contribution >= 0.6 is 11.3 Å². The van der Waals surface area contributed by atoms with Crippen molar-refractivity contribution in [2.45, 2.75) is 18.9 Å². The highest BCUT2D eigenvalue weighted by molar-refractivity contribution is 7.18. The number of aromatic nitrogens is 1. The van der Waals surface area contributed by atoms with Crippen LogP contribution in [0.5, 0.6) is 0 Å². The first kappa shape index (κ1) is 14.1. The van der Waals surface area contributed by atoms with Crippen LogP contribution in [-0.2, 0) is 0 Å². The number of nitrogens with two attached hydrogens (primary N) is 1. The Morgan fingerprint density at radius 2 is 2.32 bits per heavy atom. The number of likely N-dealkylation sites (tertiary alicyclic amines) is 1. The molecular weight excluding hydrogens is 262 g/mol. The summed E-state index contributed by atoms with van der Waals surface area (Å²) in [6.45, 7) is 1.99. The first-order chi connectivity index (χ1) is 8.97. The molecule has 1 aliphatic rings. The largest absolute Gasteiger partial charge is 0.382 e. The Balaban J connectivity index is 2.03. The third-order valence-corrected chi connectivity index (χ3v) is 4.43. The topological polar surface area (TPSA) is 74.5 Å². The molecule has 1 aromatic rings. The van der Waals surface area contributed by atoms with Crippen molar-refractivity contribution in [1.29, 1.82) is 0 Å². The van der Waals surface area contributed by atoms with Crippen LogP contribution in [0.1, 0.15) is 22.5 Å². The number of nitrogens with zero attached hydrogens (tertiary/aromatic N) is 3. The minimum Gasteiger partial charge on any atom is -0.382 e. The molecule has 1 saturated heterocycles. The third-order valence-electron chi connectivity index (χ3n) is 3.19. The minimum absolute atomic E-state index is 0.108. The molecular formula is C12H21N5OS. The summed E-state index contributed by atoms with van der Waals surface area (Å²) in [5.41, 5.74) is 5.81. The van der Waals surface area contributed by atoms with Gasteiger partial charge in [0.15, 0.2) is 5.13 Å². The summed E-state index contributed by atoms with van der Waals surface area (Å²) in [5.74, 6) is 0.207. The number of amides is 1. The van der Waals surface area contributed by atoms with Gasteiger partial charge in [-0.3, -0.25) is 4.79 Å². The second-order valence-corrected chi connectivity index (χ2v) is 6.16. The number of rotatable bonds is 3. The summed E-state index contributed by atoms with van der Waals surface area (Å²) in [6, 6.07) is 0.204. The molecule has 6 nitrogen and oxygen atoms in total. The predicted octanol–water partition coefficient (Wildman–Crippen LogP) is 0.615. The van der Waals surface area contributed by atoms with Gasteiger partial charge in [-0.15, -0.1) is 0 Å². The average molecular weight is 283 g/mol. The first-order valence-electron chi connectivity index (χ1n) is 6.40. The Bertz CT molecular complexity index is 459. The zero-order chi connectivity index (χ0) is 14.0. The summed E-state index contributed by atoms with van der Waals surface area (Å²) in [7, 11) is 5.84. The lowest BCUT2D eigenvalue weighted by Crippen LogP contribution is -2.46. The lowest BCUT2D eigenvalue weighted by molar-refractivity contribution is 0.0917. The fourth-order valence-electron chi connectivity index (χ4n) is 2.21. The summed E-state index contributed by atoms with van der Waals surface area (Å²) in [6.07, 6.45) is 2.14. The van der Waals surface area contributed by atoms with E-state index in [1.165, 1.54) is 11.3 Å². The van der Waals surface area contributed by atoms with Gasteiger partial charge >= 0.3 is 0 Å². The van der Waals surface area contributed by atoms with Gasteiger partial charge in [0.25, 0.3) is 5.91 Å². The summed E-state index contributed by atoms with van der Waals surface area (Å²) >= 11 is 1.33. The van der Waals surface area contributed by atoms with Crippen LogP contribution in [0.15, 0.2) is 0 Å². The highest BCUT2D eigenvalue weighted by Gasteiger charge is 2.23. The van der Waals surface area contributed by atoms with Crippen LogP contribution in [0.3, 0.4) is 0 Å². The minimum atomic E-state index is -0.108. The van der Waals surface area contributed by atoms with E-state index in [-0.39, 0.29) is 11.9 Å². The molecule has 2 rings (SSSR count). The van der Waals surface area contributed by atoms with E-state index >= 15 is 0 Å². The molecule has 1 fully saturated rings. The number of carbonyl (C=O) groups is 1. The zero-order valence-corrected chi connectivity index (χ0v) is 12.5. The second-order valence-electron chi connectivity index (χ2n) is 5.18. The number of hydrogen-bond donors (Lipinski definition) is 2. The Morgan fingerprint density at radius 3 is 2.89 bits per heavy atom. The molecule has 2 heterocycles. The summed E-state index contributed by atoms with van der Waals surface area (Å²) in [5, 5.41) is 3.80. The van der Waals surface area contributed by atoms with Gasteiger partial charge in [0.05, 0.1) is 0 Å². The molecule has 0 bridgehead atoms. The van der Waals surface area contributed by atoms with E-state index in [1.807, 2.05) is 19.0 Å². The van der Waals surface area contributed by atoms with E-state index in [4.69, 9.17) is 5.73 Å². The van der Waals surface area contributed by atoms with E-state index in [2.05, 4.69) is 22.2 Å². The van der Waals surface area contributed by atoms with E-state index in [9.17, 15) is 4.79 Å². The van der Waals surface area contributed by atoms with E-state index in [1.54, 1.807) is 0 Å². The van der Waals surface area contributed by atoms with Gasteiger partial charge in [0.1, 0.15) is 10.7 Å². The van der Waals surface area contributed by atoms with Crippen molar-refractivity contribution in [2.24, 2.45) is 0 Å². The highest BCUT2D eigenvalue weighted by Crippen LogP contribution is 2.26. The maximum Gasteiger partial charge on any atom is 0.265 e. The number of nitrogen functional groups attached to an aromatic ring is 1. The molecule has 0 radical (unpaired) electrons. The van der Waals surface area contributed by atoms with Gasteiger partial charge < -0.3 is 20.9 Å². The Labute approximate surface area is 117 Å². The quantitative estimate of drug-likeness (QED) is 0.850. The molecule has 0 aliphatic carbocycles. The van der Waals surface area contributed by atoms with Gasteiger partial charge in [0.2, 0.25) is 0 Å². The van der Waals surface area contributed by atoms with E-state index < -0.39 is 0 Å². The van der Waals surface area contributed by atoms with Crippen molar-refractivity contribution < 1.29 is 4.79 Å². The molecule has 19 heavy (non-hydrogen) atoms. The molecule has 1 aromatic heterocycles. The zero-order valence-electron chi connectivity index (χ0n) is 11.6. The van der Waals surface area contributed by atoms with Crippen LogP contribution in [0.2, 0.25) is 0 Å².